The minimum atomic E-state index is -0.0775. The summed E-state index contributed by atoms with van der Waals surface area (Å²) in [5.41, 5.74) is 4.58. The summed E-state index contributed by atoms with van der Waals surface area (Å²) in [6, 6.07) is 20.4. The minimum Gasteiger partial charge on any atom is -0.266 e. The molecule has 1 aromatic heterocycles. The Hall–Kier alpha value is -2.02. The second-order valence-corrected chi connectivity index (χ2v) is 10.6. The molecule has 3 aromatic rings. The molecule has 6 heteroatoms. The molecule has 2 atom stereocenters. The molecule has 2 aromatic carbocycles. The number of halogens is 2. The molecule has 0 radical (unpaired) electrons. The minimum absolute atomic E-state index is 0.0205. The van der Waals surface area contributed by atoms with Crippen molar-refractivity contribution in [2.24, 2.45) is 11.0 Å². The van der Waals surface area contributed by atoms with Crippen LogP contribution in [0.25, 0.3) is 6.08 Å². The Morgan fingerprint density at radius 2 is 1.74 bits per heavy atom. The standard InChI is InChI=1S/C25H20Br2N2OS/c26-19-10-6-16(7-11-19)15-18-3-1-4-21-23(18)28-29(25(30)22-5-2-14-31-22)24(21)17-8-12-20(27)13-9-17/h2,5-15,21,24H,1,3-4H2. The largest absolute Gasteiger partial charge is 0.284 e. The smallest absolute Gasteiger partial charge is 0.266 e. The molecule has 1 aliphatic heterocycles. The van der Waals surface area contributed by atoms with Gasteiger partial charge >= 0.3 is 0 Å². The first-order valence-corrected chi connectivity index (χ1v) is 12.7. The third kappa shape index (κ3) is 4.21. The lowest BCUT2D eigenvalue weighted by Gasteiger charge is -2.29. The number of hydrazone groups is 1. The Morgan fingerprint density at radius 3 is 2.42 bits per heavy atom. The molecule has 0 N–H and O–H groups in total. The van der Waals surface area contributed by atoms with Gasteiger partial charge in [0.15, 0.2) is 0 Å². The maximum atomic E-state index is 13.4. The maximum absolute atomic E-state index is 13.4. The molecule has 0 spiro atoms. The molecule has 1 fully saturated rings. The summed E-state index contributed by atoms with van der Waals surface area (Å²) in [6.07, 6.45) is 5.35. The summed E-state index contributed by atoms with van der Waals surface area (Å²) >= 11 is 8.50. The highest BCUT2D eigenvalue weighted by Gasteiger charge is 2.44. The van der Waals surface area contributed by atoms with E-state index in [0.717, 1.165) is 49.9 Å². The lowest BCUT2D eigenvalue weighted by Crippen LogP contribution is -2.31. The molecule has 5 rings (SSSR count). The van der Waals surface area contributed by atoms with E-state index in [4.69, 9.17) is 5.10 Å². The van der Waals surface area contributed by atoms with Gasteiger partial charge in [-0.1, -0.05) is 62.2 Å². The fourth-order valence-electron chi connectivity index (χ4n) is 4.43. The van der Waals surface area contributed by atoms with Crippen LogP contribution in [-0.4, -0.2) is 16.6 Å². The first-order valence-electron chi connectivity index (χ1n) is 10.3. The number of amides is 1. The van der Waals surface area contributed by atoms with Gasteiger partial charge in [0.1, 0.15) is 0 Å². The number of carbonyl (C=O) groups excluding carboxylic acids is 1. The van der Waals surface area contributed by atoms with Crippen molar-refractivity contribution in [1.82, 2.24) is 5.01 Å². The number of hydrogen-bond acceptors (Lipinski definition) is 3. The zero-order valence-electron chi connectivity index (χ0n) is 16.7. The Labute approximate surface area is 202 Å². The summed E-state index contributed by atoms with van der Waals surface area (Å²) < 4.78 is 2.10. The van der Waals surface area contributed by atoms with Gasteiger partial charge in [-0.05, 0) is 77.8 Å². The van der Waals surface area contributed by atoms with Crippen molar-refractivity contribution >= 4 is 60.9 Å². The molecule has 1 amide bonds. The van der Waals surface area contributed by atoms with Crippen LogP contribution < -0.4 is 0 Å². The van der Waals surface area contributed by atoms with Gasteiger partial charge in [-0.3, -0.25) is 4.79 Å². The van der Waals surface area contributed by atoms with E-state index in [2.05, 4.69) is 74.3 Å². The van der Waals surface area contributed by atoms with E-state index in [0.29, 0.717) is 0 Å². The summed E-state index contributed by atoms with van der Waals surface area (Å²) in [7, 11) is 0. The molecule has 2 unspecified atom stereocenters. The molecule has 1 aliphatic carbocycles. The molecule has 0 saturated heterocycles. The number of hydrogen-bond donors (Lipinski definition) is 0. The molecule has 156 valence electrons. The molecule has 31 heavy (non-hydrogen) atoms. The maximum Gasteiger partial charge on any atom is 0.284 e. The van der Waals surface area contributed by atoms with E-state index in [1.54, 1.807) is 5.01 Å². The fraction of sp³-hybridized carbons (Fsp3) is 0.200. The van der Waals surface area contributed by atoms with Crippen LogP contribution in [0.5, 0.6) is 0 Å². The zero-order valence-corrected chi connectivity index (χ0v) is 20.7. The highest BCUT2D eigenvalue weighted by atomic mass is 79.9. The predicted octanol–water partition coefficient (Wildman–Crippen LogP) is 7.71. The number of fused-ring (bicyclic) bond motifs is 1. The zero-order chi connectivity index (χ0) is 21.4. The van der Waals surface area contributed by atoms with Gasteiger partial charge < -0.3 is 0 Å². The number of benzene rings is 2. The Balaban J connectivity index is 1.57. The van der Waals surface area contributed by atoms with Crippen molar-refractivity contribution in [2.75, 3.05) is 0 Å². The quantitative estimate of drug-likeness (QED) is 0.325. The first-order chi connectivity index (χ1) is 15.1. The van der Waals surface area contributed by atoms with Crippen LogP contribution in [-0.2, 0) is 0 Å². The van der Waals surface area contributed by atoms with Crippen LogP contribution >= 0.6 is 43.2 Å². The average Bonchev–Trinajstić information content (AvgIpc) is 3.44. The first kappa shape index (κ1) is 20.9. The number of allylic oxidation sites excluding steroid dienone is 1. The molecule has 1 saturated carbocycles. The Kier molecular flexibility index (Phi) is 5.95. The lowest BCUT2D eigenvalue weighted by atomic mass is 9.77. The number of thiophene rings is 1. The third-order valence-electron chi connectivity index (χ3n) is 5.86. The number of rotatable bonds is 3. The van der Waals surface area contributed by atoms with E-state index in [1.807, 2.05) is 29.6 Å². The fourth-order valence-corrected chi connectivity index (χ4v) is 5.62. The van der Waals surface area contributed by atoms with Crippen molar-refractivity contribution < 1.29 is 4.79 Å². The molecule has 3 nitrogen and oxygen atoms in total. The molecular weight excluding hydrogens is 536 g/mol. The summed E-state index contributed by atoms with van der Waals surface area (Å²) in [5, 5.41) is 8.63. The van der Waals surface area contributed by atoms with E-state index in [9.17, 15) is 4.79 Å². The third-order valence-corrected chi connectivity index (χ3v) is 7.78. The van der Waals surface area contributed by atoms with Crippen LogP contribution in [0.4, 0.5) is 0 Å². The van der Waals surface area contributed by atoms with Gasteiger partial charge in [0, 0.05) is 14.9 Å². The van der Waals surface area contributed by atoms with Crippen LogP contribution in [0.15, 0.2) is 85.7 Å². The molecule has 2 aliphatic rings. The van der Waals surface area contributed by atoms with E-state index < -0.39 is 0 Å². The monoisotopic (exact) mass is 554 g/mol. The molecular formula is C25H20Br2N2OS. The van der Waals surface area contributed by atoms with E-state index >= 15 is 0 Å². The van der Waals surface area contributed by atoms with Gasteiger partial charge in [-0.15, -0.1) is 11.3 Å². The Morgan fingerprint density at radius 1 is 1.03 bits per heavy atom. The lowest BCUT2D eigenvalue weighted by molar-refractivity contribution is 0.0686. The number of nitrogens with zero attached hydrogens (tertiary/aromatic N) is 2. The Bertz CT molecular complexity index is 1150. The normalized spacial score (nSPS) is 21.8. The number of carbonyl (C=O) groups is 1. The van der Waals surface area contributed by atoms with Gasteiger partial charge in [0.05, 0.1) is 16.6 Å². The van der Waals surface area contributed by atoms with Crippen molar-refractivity contribution in [3.63, 3.8) is 0 Å². The second-order valence-electron chi connectivity index (χ2n) is 7.83. The highest BCUT2D eigenvalue weighted by Crippen LogP contribution is 2.45. The van der Waals surface area contributed by atoms with Crippen LogP contribution in [0.3, 0.4) is 0 Å². The van der Waals surface area contributed by atoms with Crippen LogP contribution in [0, 0.1) is 5.92 Å². The van der Waals surface area contributed by atoms with Crippen molar-refractivity contribution in [3.8, 4) is 0 Å². The van der Waals surface area contributed by atoms with Gasteiger partial charge in [0.2, 0.25) is 0 Å². The predicted molar refractivity (Wildman–Crippen MR) is 134 cm³/mol. The van der Waals surface area contributed by atoms with E-state index in [1.165, 1.54) is 16.9 Å². The van der Waals surface area contributed by atoms with Crippen molar-refractivity contribution in [1.29, 1.82) is 0 Å². The SMILES string of the molecule is O=C(c1cccs1)N1N=C2C(=Cc3ccc(Br)cc3)CCCC2C1c1ccc(Br)cc1. The molecule has 2 heterocycles. The highest BCUT2D eigenvalue weighted by molar-refractivity contribution is 9.10. The van der Waals surface area contributed by atoms with Gasteiger partial charge in [-0.25, -0.2) is 5.01 Å². The van der Waals surface area contributed by atoms with E-state index in [-0.39, 0.29) is 17.9 Å². The molecule has 0 bridgehead atoms. The summed E-state index contributed by atoms with van der Waals surface area (Å²) in [4.78, 5) is 14.1. The summed E-state index contributed by atoms with van der Waals surface area (Å²) in [5.74, 6) is 0.188. The second kappa shape index (κ2) is 8.85. The van der Waals surface area contributed by atoms with Crippen molar-refractivity contribution in [2.45, 2.75) is 25.3 Å². The average molecular weight is 556 g/mol. The van der Waals surface area contributed by atoms with Crippen LogP contribution in [0.1, 0.15) is 46.1 Å². The summed E-state index contributed by atoms with van der Waals surface area (Å²) in [6.45, 7) is 0. The topological polar surface area (TPSA) is 32.7 Å². The van der Waals surface area contributed by atoms with Crippen molar-refractivity contribution in [3.05, 3.63) is 96.6 Å². The van der Waals surface area contributed by atoms with Crippen LogP contribution in [0.2, 0.25) is 0 Å². The van der Waals surface area contributed by atoms with Gasteiger partial charge in [-0.2, -0.15) is 5.10 Å². The van der Waals surface area contributed by atoms with Gasteiger partial charge in [0.25, 0.3) is 5.91 Å².